The van der Waals surface area contributed by atoms with Crippen LogP contribution in [-0.2, 0) is 5.75 Å². The van der Waals surface area contributed by atoms with Gasteiger partial charge in [0.2, 0.25) is 0 Å². The maximum absolute atomic E-state index is 9.82. The van der Waals surface area contributed by atoms with Gasteiger partial charge in [-0.2, -0.15) is 11.8 Å². The first-order chi connectivity index (χ1) is 9.83. The quantitative estimate of drug-likeness (QED) is 0.890. The van der Waals surface area contributed by atoms with Gasteiger partial charge in [0.25, 0.3) is 0 Å². The molecular weight excluding hydrogens is 266 g/mol. The van der Waals surface area contributed by atoms with Crippen molar-refractivity contribution in [3.05, 3.63) is 35.4 Å². The molecule has 0 bridgehead atoms. The molecule has 2 nitrogen and oxygen atoms in total. The lowest BCUT2D eigenvalue weighted by Crippen LogP contribution is -2.41. The number of hydrogen-bond acceptors (Lipinski definition) is 3. The minimum Gasteiger partial charge on any atom is -0.396 e. The molecule has 0 amide bonds. The minimum atomic E-state index is 0.134. The Balaban J connectivity index is 1.66. The molecule has 0 saturated heterocycles. The highest BCUT2D eigenvalue weighted by Gasteiger charge is 2.32. The number of rotatable bonds is 4. The average molecular weight is 291 g/mol. The number of benzene rings is 1. The largest absolute Gasteiger partial charge is 0.396 e. The lowest BCUT2D eigenvalue weighted by Gasteiger charge is -2.38. The molecule has 1 aliphatic carbocycles. The molecule has 20 heavy (non-hydrogen) atoms. The van der Waals surface area contributed by atoms with Crippen LogP contribution in [0.3, 0.4) is 0 Å². The van der Waals surface area contributed by atoms with Gasteiger partial charge in [-0.25, -0.2) is 0 Å². The summed E-state index contributed by atoms with van der Waals surface area (Å²) in [4.78, 5) is 0. The van der Waals surface area contributed by atoms with Crippen LogP contribution in [0.15, 0.2) is 24.3 Å². The lowest BCUT2D eigenvalue weighted by atomic mass is 9.74. The Kier molecular flexibility index (Phi) is 4.69. The van der Waals surface area contributed by atoms with Gasteiger partial charge in [0.1, 0.15) is 0 Å². The van der Waals surface area contributed by atoms with Crippen LogP contribution in [0.25, 0.3) is 0 Å². The monoisotopic (exact) mass is 291 g/mol. The highest BCUT2D eigenvalue weighted by atomic mass is 32.2. The summed E-state index contributed by atoms with van der Waals surface area (Å²) in [7, 11) is 0. The van der Waals surface area contributed by atoms with Gasteiger partial charge in [-0.15, -0.1) is 0 Å². The SMILES string of the molecule is OCC1(CNC2CSCc3ccccc32)CCCCC1. The van der Waals surface area contributed by atoms with Crippen LogP contribution in [0, 0.1) is 5.41 Å². The van der Waals surface area contributed by atoms with Crippen LogP contribution < -0.4 is 5.32 Å². The molecule has 1 aliphatic heterocycles. The van der Waals surface area contributed by atoms with Crippen molar-refractivity contribution in [2.24, 2.45) is 5.41 Å². The number of hydrogen-bond donors (Lipinski definition) is 2. The number of aliphatic hydroxyl groups excluding tert-OH is 1. The maximum Gasteiger partial charge on any atom is 0.0499 e. The topological polar surface area (TPSA) is 32.3 Å². The molecule has 3 heteroatoms. The van der Waals surface area contributed by atoms with E-state index in [0.717, 1.165) is 18.1 Å². The first-order valence-corrected chi connectivity index (χ1v) is 8.98. The molecule has 110 valence electrons. The van der Waals surface area contributed by atoms with Crippen molar-refractivity contribution >= 4 is 11.8 Å². The van der Waals surface area contributed by atoms with Gasteiger partial charge in [-0.1, -0.05) is 43.5 Å². The summed E-state index contributed by atoms with van der Waals surface area (Å²) < 4.78 is 0. The summed E-state index contributed by atoms with van der Waals surface area (Å²) in [6, 6.07) is 9.25. The van der Waals surface area contributed by atoms with Crippen molar-refractivity contribution < 1.29 is 5.11 Å². The molecule has 1 heterocycles. The summed E-state index contributed by atoms with van der Waals surface area (Å²) in [6.07, 6.45) is 6.25. The number of nitrogens with one attached hydrogen (secondary N) is 1. The fraction of sp³-hybridized carbons (Fsp3) is 0.647. The second-order valence-corrected chi connectivity index (χ2v) is 7.40. The third kappa shape index (κ3) is 3.05. The van der Waals surface area contributed by atoms with E-state index < -0.39 is 0 Å². The molecule has 1 fully saturated rings. The molecule has 0 spiro atoms. The zero-order valence-electron chi connectivity index (χ0n) is 12.1. The van der Waals surface area contributed by atoms with Gasteiger partial charge in [0.05, 0.1) is 0 Å². The van der Waals surface area contributed by atoms with Crippen molar-refractivity contribution in [1.29, 1.82) is 0 Å². The van der Waals surface area contributed by atoms with Crippen molar-refractivity contribution in [3.63, 3.8) is 0 Å². The van der Waals surface area contributed by atoms with Gasteiger partial charge < -0.3 is 10.4 Å². The van der Waals surface area contributed by atoms with E-state index in [-0.39, 0.29) is 5.41 Å². The standard InChI is InChI=1S/C17H25NOS/c19-13-17(8-4-1-5-9-17)12-18-16-11-20-10-14-6-2-3-7-15(14)16/h2-3,6-7,16,18-19H,1,4-5,8-13H2. The van der Waals surface area contributed by atoms with Gasteiger partial charge in [-0.3, -0.25) is 0 Å². The summed E-state index contributed by atoms with van der Waals surface area (Å²) in [5.74, 6) is 2.29. The fourth-order valence-electron chi connectivity index (χ4n) is 3.58. The van der Waals surface area contributed by atoms with E-state index in [1.807, 2.05) is 11.8 Å². The third-order valence-corrected chi connectivity index (χ3v) is 6.03. The Morgan fingerprint density at radius 1 is 1.20 bits per heavy atom. The Hall–Kier alpha value is -0.510. The Morgan fingerprint density at radius 2 is 2.00 bits per heavy atom. The van der Waals surface area contributed by atoms with Crippen LogP contribution in [0.5, 0.6) is 0 Å². The van der Waals surface area contributed by atoms with Crippen LogP contribution in [-0.4, -0.2) is 24.0 Å². The van der Waals surface area contributed by atoms with E-state index in [2.05, 4.69) is 29.6 Å². The average Bonchev–Trinajstić information content (AvgIpc) is 2.54. The van der Waals surface area contributed by atoms with E-state index in [9.17, 15) is 5.11 Å². The van der Waals surface area contributed by atoms with Crippen molar-refractivity contribution in [2.45, 2.75) is 43.9 Å². The van der Waals surface area contributed by atoms with E-state index >= 15 is 0 Å². The van der Waals surface area contributed by atoms with Crippen molar-refractivity contribution in [2.75, 3.05) is 18.9 Å². The summed E-state index contributed by atoms with van der Waals surface area (Å²) in [5.41, 5.74) is 3.08. The normalized spacial score (nSPS) is 25.1. The molecule has 2 N–H and O–H groups in total. The lowest BCUT2D eigenvalue weighted by molar-refractivity contribution is 0.0789. The minimum absolute atomic E-state index is 0.134. The molecule has 1 aromatic carbocycles. The fourth-order valence-corrected chi connectivity index (χ4v) is 4.72. The predicted molar refractivity (Wildman–Crippen MR) is 86.0 cm³/mol. The van der Waals surface area contributed by atoms with Crippen LogP contribution in [0.1, 0.15) is 49.3 Å². The van der Waals surface area contributed by atoms with Gasteiger partial charge in [0, 0.05) is 36.1 Å². The third-order valence-electron chi connectivity index (χ3n) is 4.95. The second-order valence-electron chi connectivity index (χ2n) is 6.37. The van der Waals surface area contributed by atoms with Gasteiger partial charge in [-0.05, 0) is 24.0 Å². The second kappa shape index (κ2) is 6.50. The van der Waals surface area contributed by atoms with E-state index in [1.165, 1.54) is 43.2 Å². The zero-order valence-corrected chi connectivity index (χ0v) is 12.9. The first-order valence-electron chi connectivity index (χ1n) is 7.83. The summed E-state index contributed by atoms with van der Waals surface area (Å²) in [6.45, 7) is 1.30. The Bertz CT molecular complexity index is 442. The molecule has 2 aliphatic rings. The Labute approximate surface area is 126 Å². The van der Waals surface area contributed by atoms with Crippen molar-refractivity contribution in [3.8, 4) is 0 Å². The van der Waals surface area contributed by atoms with Gasteiger partial charge >= 0.3 is 0 Å². The maximum atomic E-state index is 9.82. The molecule has 1 atom stereocenters. The van der Waals surface area contributed by atoms with E-state index in [1.54, 1.807) is 0 Å². The van der Waals surface area contributed by atoms with Gasteiger partial charge in [0.15, 0.2) is 0 Å². The predicted octanol–water partition coefficient (Wildman–Crippen LogP) is 3.51. The number of aliphatic hydroxyl groups is 1. The van der Waals surface area contributed by atoms with Crippen molar-refractivity contribution in [1.82, 2.24) is 5.32 Å². The number of thioether (sulfide) groups is 1. The summed E-state index contributed by atoms with van der Waals surface area (Å²) >= 11 is 2.01. The summed E-state index contributed by atoms with van der Waals surface area (Å²) in [5, 5.41) is 13.6. The van der Waals surface area contributed by atoms with Crippen LogP contribution in [0.4, 0.5) is 0 Å². The molecule has 3 rings (SSSR count). The highest BCUT2D eigenvalue weighted by Crippen LogP contribution is 2.37. The Morgan fingerprint density at radius 3 is 2.80 bits per heavy atom. The molecular formula is C17H25NOS. The molecule has 1 aromatic rings. The molecule has 1 unspecified atom stereocenters. The zero-order chi connectivity index (χ0) is 13.8. The first kappa shape index (κ1) is 14.4. The van der Waals surface area contributed by atoms with Crippen LogP contribution >= 0.6 is 11.8 Å². The highest BCUT2D eigenvalue weighted by molar-refractivity contribution is 7.98. The van der Waals surface area contributed by atoms with E-state index in [0.29, 0.717) is 12.6 Å². The van der Waals surface area contributed by atoms with E-state index in [4.69, 9.17) is 0 Å². The molecule has 1 saturated carbocycles. The van der Waals surface area contributed by atoms with Crippen LogP contribution in [0.2, 0.25) is 0 Å². The molecule has 0 aromatic heterocycles. The smallest absolute Gasteiger partial charge is 0.0499 e. The molecule has 0 radical (unpaired) electrons. The number of fused-ring (bicyclic) bond motifs is 1.